The van der Waals surface area contributed by atoms with E-state index in [4.69, 9.17) is 0 Å². The van der Waals surface area contributed by atoms with Crippen molar-refractivity contribution in [3.05, 3.63) is 191 Å². The number of hydrogen-bond donors (Lipinski definition) is 0. The highest BCUT2D eigenvalue weighted by Gasteiger charge is 2.49. The number of rotatable bonds is 5. The van der Waals surface area contributed by atoms with Crippen molar-refractivity contribution >= 4 is 106 Å². The molecule has 0 bridgehead atoms. The predicted octanol–water partition coefficient (Wildman–Crippen LogP) is 18.8. The van der Waals surface area contributed by atoms with Gasteiger partial charge in [0.15, 0.2) is 0 Å². The lowest BCUT2D eigenvalue weighted by Gasteiger charge is -2.46. The number of aryl methyl sites for hydroxylation is 1. The summed E-state index contributed by atoms with van der Waals surface area (Å²) < 4.78 is 2.62. The Balaban J connectivity index is 1.10. The predicted molar refractivity (Wildman–Crippen MR) is 336 cm³/mol. The fraction of sp³-hybridized carbons (Fsp3) is 0.333. The Labute approximate surface area is 464 Å². The van der Waals surface area contributed by atoms with Gasteiger partial charge < -0.3 is 14.7 Å². The third-order valence-corrected chi connectivity index (χ3v) is 19.8. The zero-order chi connectivity index (χ0) is 54.1. The topological polar surface area (TPSA) is 9.72 Å². The van der Waals surface area contributed by atoms with E-state index in [-0.39, 0.29) is 39.2 Å². The number of nitrogens with zero attached hydrogens (tertiary/aromatic N) is 3. The molecule has 0 fully saturated rings. The van der Waals surface area contributed by atoms with E-state index in [1.165, 1.54) is 122 Å². The first-order valence-corrected chi connectivity index (χ1v) is 29.3. The summed E-state index contributed by atoms with van der Waals surface area (Å²) in [5.41, 5.74) is 25.2. The average Bonchev–Trinajstić information content (AvgIpc) is 4.03. The lowest BCUT2D eigenvalue weighted by Crippen LogP contribution is -2.61. The summed E-state index contributed by atoms with van der Waals surface area (Å²) in [6.07, 6.45) is 3.48. The Morgan fingerprint density at radius 2 is 0.948 bits per heavy atom. The summed E-state index contributed by atoms with van der Waals surface area (Å²) in [6, 6.07) is 60.0. The minimum absolute atomic E-state index is 0.0105. The molecular weight excluding hydrogens is 950 g/mol. The zero-order valence-electron chi connectivity index (χ0n) is 48.4. The number of anilines is 9. The van der Waals surface area contributed by atoms with Crippen LogP contribution in [0.4, 0.5) is 51.2 Å². The van der Waals surface area contributed by atoms with E-state index in [2.05, 4.69) is 270 Å². The molecule has 3 heterocycles. The summed E-state index contributed by atoms with van der Waals surface area (Å²) in [4.78, 5) is 7.81. The van der Waals surface area contributed by atoms with Crippen LogP contribution in [0.5, 0.6) is 0 Å². The van der Waals surface area contributed by atoms with Crippen LogP contribution in [0, 0.1) is 6.92 Å². The molecule has 3 nitrogen and oxygen atoms in total. The van der Waals surface area contributed by atoms with Gasteiger partial charge in [0, 0.05) is 71.4 Å². The van der Waals surface area contributed by atoms with Crippen LogP contribution >= 0.6 is 11.3 Å². The Morgan fingerprint density at radius 1 is 0.442 bits per heavy atom. The molecular formula is C72H76BN3S. The quantitative estimate of drug-likeness (QED) is 0.159. The third kappa shape index (κ3) is 7.86. The Morgan fingerprint density at radius 3 is 1.56 bits per heavy atom. The van der Waals surface area contributed by atoms with Gasteiger partial charge in [0.05, 0.1) is 0 Å². The molecule has 0 spiro atoms. The SMILES string of the molecule is Cc1cc2c3c(c1)N(c1ccc4c(c1)C(C)(C)CCC4(C)C)c1cc4c(cc1B3c1ccc(N(c3ccc(C(C)(C)C)cc3)c3ccc(C(C)(C)C)cc3)cc1N2c1ccc2c(c1)sc1ccccc12)C(C)(C)CC4(C)C. The van der Waals surface area contributed by atoms with E-state index in [1.807, 2.05) is 11.3 Å². The molecule has 2 aliphatic carbocycles. The van der Waals surface area contributed by atoms with Gasteiger partial charge in [0.2, 0.25) is 0 Å². The van der Waals surface area contributed by atoms with Crippen molar-refractivity contribution in [2.45, 2.75) is 156 Å². The molecule has 0 saturated carbocycles. The summed E-state index contributed by atoms with van der Waals surface area (Å²) in [5.74, 6) is 0. The number of fused-ring (bicyclic) bond motifs is 9. The first-order valence-electron chi connectivity index (χ1n) is 28.4. The van der Waals surface area contributed by atoms with E-state index in [0.29, 0.717) is 0 Å². The van der Waals surface area contributed by atoms with Gasteiger partial charge in [0.1, 0.15) is 0 Å². The second kappa shape index (κ2) is 16.7. The highest BCUT2D eigenvalue weighted by molar-refractivity contribution is 7.25. The molecule has 0 unspecified atom stereocenters. The lowest BCUT2D eigenvalue weighted by atomic mass is 9.33. The molecule has 2 aliphatic heterocycles. The highest BCUT2D eigenvalue weighted by atomic mass is 32.1. The van der Waals surface area contributed by atoms with Crippen LogP contribution in [0.3, 0.4) is 0 Å². The maximum absolute atomic E-state index is 2.69. The molecule has 0 atom stereocenters. The van der Waals surface area contributed by atoms with Crippen LogP contribution in [-0.2, 0) is 32.5 Å². The minimum Gasteiger partial charge on any atom is -0.311 e. The van der Waals surface area contributed by atoms with Crippen LogP contribution in [-0.4, -0.2) is 6.71 Å². The van der Waals surface area contributed by atoms with Crippen LogP contribution < -0.4 is 31.1 Å². The van der Waals surface area contributed by atoms with Gasteiger partial charge in [-0.2, -0.15) is 0 Å². The molecule has 388 valence electrons. The van der Waals surface area contributed by atoms with Gasteiger partial charge in [-0.15, -0.1) is 11.3 Å². The first kappa shape index (κ1) is 50.0. The van der Waals surface area contributed by atoms with Crippen molar-refractivity contribution in [3.63, 3.8) is 0 Å². The van der Waals surface area contributed by atoms with Crippen molar-refractivity contribution in [1.82, 2.24) is 0 Å². The Bertz CT molecular complexity index is 3830. The van der Waals surface area contributed by atoms with Crippen molar-refractivity contribution < 1.29 is 0 Å². The van der Waals surface area contributed by atoms with Gasteiger partial charge >= 0.3 is 0 Å². The second-order valence-electron chi connectivity index (χ2n) is 28.2. The van der Waals surface area contributed by atoms with Gasteiger partial charge in [-0.25, -0.2) is 0 Å². The van der Waals surface area contributed by atoms with Crippen LogP contribution in [0.15, 0.2) is 152 Å². The average molecular weight is 1030 g/mol. The van der Waals surface area contributed by atoms with E-state index in [9.17, 15) is 0 Å². The van der Waals surface area contributed by atoms with E-state index < -0.39 is 0 Å². The van der Waals surface area contributed by atoms with Crippen LogP contribution in [0.1, 0.15) is 155 Å². The Hall–Kier alpha value is -6.56. The summed E-state index contributed by atoms with van der Waals surface area (Å²) in [7, 11) is 0. The third-order valence-electron chi connectivity index (χ3n) is 18.6. The van der Waals surface area contributed by atoms with Gasteiger partial charge in [-0.1, -0.05) is 164 Å². The number of benzene rings is 8. The number of hydrogen-bond acceptors (Lipinski definition) is 4. The maximum atomic E-state index is 2.69. The molecule has 0 radical (unpaired) electrons. The van der Waals surface area contributed by atoms with Gasteiger partial charge in [-0.05, 0) is 199 Å². The summed E-state index contributed by atoms with van der Waals surface area (Å²) >= 11 is 1.90. The van der Waals surface area contributed by atoms with E-state index in [0.717, 1.165) is 23.5 Å². The van der Waals surface area contributed by atoms with Crippen LogP contribution in [0.2, 0.25) is 0 Å². The van der Waals surface area contributed by atoms with Gasteiger partial charge in [0.25, 0.3) is 6.71 Å². The van der Waals surface area contributed by atoms with Crippen molar-refractivity contribution in [2.24, 2.45) is 0 Å². The minimum atomic E-state index is -0.0105. The normalized spacial score (nSPS) is 17.5. The smallest absolute Gasteiger partial charge is 0.252 e. The van der Waals surface area contributed by atoms with Crippen molar-refractivity contribution in [2.75, 3.05) is 14.7 Å². The Kier molecular flexibility index (Phi) is 10.9. The van der Waals surface area contributed by atoms with Crippen molar-refractivity contribution in [1.29, 1.82) is 0 Å². The molecule has 1 aromatic heterocycles. The molecule has 9 aromatic rings. The zero-order valence-corrected chi connectivity index (χ0v) is 49.2. The molecule has 77 heavy (non-hydrogen) atoms. The van der Waals surface area contributed by atoms with E-state index >= 15 is 0 Å². The number of thiophene rings is 1. The molecule has 13 rings (SSSR count). The summed E-state index contributed by atoms with van der Waals surface area (Å²) in [5, 5.41) is 2.63. The van der Waals surface area contributed by atoms with Crippen molar-refractivity contribution in [3.8, 4) is 0 Å². The van der Waals surface area contributed by atoms with Crippen LogP contribution in [0.25, 0.3) is 20.2 Å². The summed E-state index contributed by atoms with van der Waals surface area (Å²) in [6.45, 7) is 35.9. The fourth-order valence-electron chi connectivity index (χ4n) is 14.5. The van der Waals surface area contributed by atoms with Gasteiger partial charge in [-0.3, -0.25) is 0 Å². The van der Waals surface area contributed by atoms with E-state index in [1.54, 1.807) is 0 Å². The lowest BCUT2D eigenvalue weighted by molar-refractivity contribution is 0.332. The maximum Gasteiger partial charge on any atom is 0.252 e. The second-order valence-corrected chi connectivity index (χ2v) is 29.3. The fourth-order valence-corrected chi connectivity index (χ4v) is 15.7. The largest absolute Gasteiger partial charge is 0.311 e. The molecule has 8 aromatic carbocycles. The molecule has 0 N–H and O–H groups in total. The first-order chi connectivity index (χ1) is 36.3. The molecule has 0 saturated heterocycles. The highest BCUT2D eigenvalue weighted by Crippen LogP contribution is 2.55. The molecule has 5 heteroatoms. The molecule has 0 amide bonds. The standard InChI is InChI=1S/C72H76BN3S/c1-44-36-62-66-63(37-44)76(51-28-31-53-52-18-16-17-19-64(52)77-65(53)40-51)60-39-50(74(47-24-20-45(21-25-47)67(2,3)4)48-26-22-46(23-27-48)68(5,6)7)30-33-58(60)73(66)59-41-56-57(72(14,15)43-71(56,12)13)42-61(59)75(62)49-29-32-54-55(38-49)70(10,11)35-34-69(54,8)9/h16-33,36-42H,34-35,43H2,1-15H3. The molecule has 4 aliphatic rings. The monoisotopic (exact) mass is 1030 g/mol.